The highest BCUT2D eigenvalue weighted by Crippen LogP contribution is 2.13. The van der Waals surface area contributed by atoms with Crippen molar-refractivity contribution < 1.29 is 4.79 Å². The van der Waals surface area contributed by atoms with Gasteiger partial charge in [0.15, 0.2) is 0 Å². The Morgan fingerprint density at radius 1 is 1.46 bits per heavy atom. The van der Waals surface area contributed by atoms with Crippen LogP contribution in [0.4, 0.5) is 0 Å². The minimum Gasteiger partial charge on any atom is -0.273 e. The van der Waals surface area contributed by atoms with Gasteiger partial charge in [-0.1, -0.05) is 13.8 Å². The fourth-order valence-electron chi connectivity index (χ4n) is 1.45. The molecule has 0 heterocycles. The van der Waals surface area contributed by atoms with Crippen LogP contribution in [-0.4, -0.2) is 11.6 Å². The Morgan fingerprint density at radius 3 is 2.62 bits per heavy atom. The van der Waals surface area contributed by atoms with E-state index in [1.165, 1.54) is 12.8 Å². The molecule has 0 aliphatic heterocycles. The largest absolute Gasteiger partial charge is 0.273 e. The first-order valence-corrected chi connectivity index (χ1v) is 5.02. The highest BCUT2D eigenvalue weighted by molar-refractivity contribution is 5.87. The molecule has 0 aromatic rings. The zero-order chi connectivity index (χ0) is 9.68. The summed E-state index contributed by atoms with van der Waals surface area (Å²) in [4.78, 5) is 11.2. The standard InChI is InChI=1S/C10H18N2O/c1-8(2)7-10(13)12-11-9-5-3-4-6-9/h8H,3-7H2,1-2H3,(H,12,13). The Labute approximate surface area is 79.6 Å². The van der Waals surface area contributed by atoms with E-state index in [1.54, 1.807) is 0 Å². The van der Waals surface area contributed by atoms with E-state index < -0.39 is 0 Å². The molecule has 0 aromatic heterocycles. The first-order valence-electron chi connectivity index (χ1n) is 5.02. The van der Waals surface area contributed by atoms with Crippen molar-refractivity contribution in [2.24, 2.45) is 11.0 Å². The second kappa shape index (κ2) is 5.00. The Bertz CT molecular complexity index is 201. The molecule has 0 aromatic carbocycles. The topological polar surface area (TPSA) is 41.5 Å². The maximum atomic E-state index is 11.2. The van der Waals surface area contributed by atoms with E-state index >= 15 is 0 Å². The average Bonchev–Trinajstić information content (AvgIpc) is 2.51. The first kappa shape index (κ1) is 10.2. The minimum absolute atomic E-state index is 0.0365. The van der Waals surface area contributed by atoms with Gasteiger partial charge in [-0.25, -0.2) is 5.43 Å². The van der Waals surface area contributed by atoms with Crippen molar-refractivity contribution in [3.05, 3.63) is 0 Å². The Morgan fingerprint density at radius 2 is 2.08 bits per heavy atom. The van der Waals surface area contributed by atoms with Crippen molar-refractivity contribution >= 4 is 11.6 Å². The molecular weight excluding hydrogens is 164 g/mol. The average molecular weight is 182 g/mol. The number of hydrogen-bond donors (Lipinski definition) is 1. The normalized spacial score (nSPS) is 16.4. The van der Waals surface area contributed by atoms with Crippen molar-refractivity contribution in [2.45, 2.75) is 46.0 Å². The van der Waals surface area contributed by atoms with Gasteiger partial charge in [-0.05, 0) is 31.6 Å². The maximum absolute atomic E-state index is 11.2. The molecular formula is C10H18N2O. The quantitative estimate of drug-likeness (QED) is 0.667. The van der Waals surface area contributed by atoms with Crippen molar-refractivity contribution in [1.82, 2.24) is 5.43 Å². The molecule has 0 radical (unpaired) electrons. The van der Waals surface area contributed by atoms with Crippen LogP contribution in [0.5, 0.6) is 0 Å². The fourth-order valence-corrected chi connectivity index (χ4v) is 1.45. The number of amides is 1. The molecule has 0 saturated heterocycles. The van der Waals surface area contributed by atoms with Gasteiger partial charge in [-0.15, -0.1) is 0 Å². The van der Waals surface area contributed by atoms with Gasteiger partial charge >= 0.3 is 0 Å². The van der Waals surface area contributed by atoms with Crippen LogP contribution in [0.25, 0.3) is 0 Å². The van der Waals surface area contributed by atoms with Crippen LogP contribution < -0.4 is 5.43 Å². The molecule has 1 N–H and O–H groups in total. The molecule has 1 aliphatic rings. The number of hydrogen-bond acceptors (Lipinski definition) is 2. The molecule has 1 fully saturated rings. The van der Waals surface area contributed by atoms with Gasteiger partial charge in [-0.3, -0.25) is 4.79 Å². The number of nitrogens with zero attached hydrogens (tertiary/aromatic N) is 1. The lowest BCUT2D eigenvalue weighted by Crippen LogP contribution is -2.20. The van der Waals surface area contributed by atoms with Crippen molar-refractivity contribution in [3.63, 3.8) is 0 Å². The second-order valence-electron chi connectivity index (χ2n) is 4.02. The van der Waals surface area contributed by atoms with Crippen molar-refractivity contribution in [1.29, 1.82) is 0 Å². The second-order valence-corrected chi connectivity index (χ2v) is 4.02. The predicted molar refractivity (Wildman–Crippen MR) is 53.5 cm³/mol. The van der Waals surface area contributed by atoms with E-state index in [9.17, 15) is 4.79 Å². The monoisotopic (exact) mass is 182 g/mol. The number of carbonyl (C=O) groups excluding carboxylic acids is 1. The van der Waals surface area contributed by atoms with E-state index in [-0.39, 0.29) is 5.91 Å². The van der Waals surface area contributed by atoms with Gasteiger partial charge in [0, 0.05) is 12.1 Å². The third kappa shape index (κ3) is 4.06. The number of carbonyl (C=O) groups is 1. The zero-order valence-electron chi connectivity index (χ0n) is 8.47. The van der Waals surface area contributed by atoms with Crippen LogP contribution in [0.3, 0.4) is 0 Å². The molecule has 3 nitrogen and oxygen atoms in total. The Kier molecular flexibility index (Phi) is 3.93. The summed E-state index contributed by atoms with van der Waals surface area (Å²) in [6.07, 6.45) is 5.12. The van der Waals surface area contributed by atoms with Crippen LogP contribution >= 0.6 is 0 Å². The van der Waals surface area contributed by atoms with Crippen LogP contribution in [0.1, 0.15) is 46.0 Å². The fraction of sp³-hybridized carbons (Fsp3) is 0.800. The van der Waals surface area contributed by atoms with E-state index in [0.717, 1.165) is 18.6 Å². The van der Waals surface area contributed by atoms with Crippen molar-refractivity contribution in [2.75, 3.05) is 0 Å². The van der Waals surface area contributed by atoms with Gasteiger partial charge in [-0.2, -0.15) is 5.10 Å². The summed E-state index contributed by atoms with van der Waals surface area (Å²) in [6.45, 7) is 4.06. The molecule has 74 valence electrons. The summed E-state index contributed by atoms with van der Waals surface area (Å²) in [5.41, 5.74) is 3.76. The smallest absolute Gasteiger partial charge is 0.240 e. The van der Waals surface area contributed by atoms with E-state index in [4.69, 9.17) is 0 Å². The summed E-state index contributed by atoms with van der Waals surface area (Å²) >= 11 is 0. The van der Waals surface area contributed by atoms with Crippen LogP contribution in [0, 0.1) is 5.92 Å². The summed E-state index contributed by atoms with van der Waals surface area (Å²) in [6, 6.07) is 0. The third-order valence-corrected chi connectivity index (χ3v) is 2.11. The molecule has 3 heteroatoms. The molecule has 1 aliphatic carbocycles. The molecule has 0 atom stereocenters. The SMILES string of the molecule is CC(C)CC(=O)NN=C1CCCC1. The highest BCUT2D eigenvalue weighted by Gasteiger charge is 2.09. The van der Waals surface area contributed by atoms with Crippen LogP contribution in [0.15, 0.2) is 5.10 Å². The summed E-state index contributed by atoms with van der Waals surface area (Å²) in [5.74, 6) is 0.443. The first-order chi connectivity index (χ1) is 6.18. The minimum atomic E-state index is 0.0365. The number of hydrazone groups is 1. The number of nitrogens with one attached hydrogen (secondary N) is 1. The Hall–Kier alpha value is -0.860. The molecule has 0 spiro atoms. The summed E-state index contributed by atoms with van der Waals surface area (Å²) in [7, 11) is 0. The van der Waals surface area contributed by atoms with Gasteiger partial charge in [0.1, 0.15) is 0 Å². The molecule has 0 bridgehead atoms. The third-order valence-electron chi connectivity index (χ3n) is 2.11. The zero-order valence-corrected chi connectivity index (χ0v) is 8.47. The molecule has 0 unspecified atom stereocenters. The summed E-state index contributed by atoms with van der Waals surface area (Å²) < 4.78 is 0. The number of rotatable bonds is 3. The van der Waals surface area contributed by atoms with E-state index in [2.05, 4.69) is 10.5 Å². The predicted octanol–water partition coefficient (Wildman–Crippen LogP) is 2.08. The molecule has 13 heavy (non-hydrogen) atoms. The molecule has 1 saturated carbocycles. The maximum Gasteiger partial charge on any atom is 0.240 e. The highest BCUT2D eigenvalue weighted by atomic mass is 16.2. The van der Waals surface area contributed by atoms with E-state index in [0.29, 0.717) is 12.3 Å². The van der Waals surface area contributed by atoms with Crippen LogP contribution in [0.2, 0.25) is 0 Å². The summed E-state index contributed by atoms with van der Waals surface area (Å²) in [5, 5.41) is 4.09. The van der Waals surface area contributed by atoms with Gasteiger partial charge in [0.25, 0.3) is 0 Å². The lowest BCUT2D eigenvalue weighted by atomic mass is 10.1. The lowest BCUT2D eigenvalue weighted by molar-refractivity contribution is -0.121. The lowest BCUT2D eigenvalue weighted by Gasteiger charge is -2.03. The van der Waals surface area contributed by atoms with Crippen LogP contribution in [-0.2, 0) is 4.79 Å². The van der Waals surface area contributed by atoms with Crippen molar-refractivity contribution in [3.8, 4) is 0 Å². The van der Waals surface area contributed by atoms with E-state index in [1.807, 2.05) is 13.8 Å². The molecule has 1 amide bonds. The van der Waals surface area contributed by atoms with Gasteiger partial charge in [0.2, 0.25) is 5.91 Å². The Balaban J connectivity index is 2.24. The molecule has 1 rings (SSSR count). The van der Waals surface area contributed by atoms with Gasteiger partial charge in [0.05, 0.1) is 0 Å². The van der Waals surface area contributed by atoms with Gasteiger partial charge < -0.3 is 0 Å².